The largest absolute Gasteiger partial charge is 0.451 e. The second kappa shape index (κ2) is 7.27. The zero-order chi connectivity index (χ0) is 20.6. The van der Waals surface area contributed by atoms with Crippen LogP contribution in [-0.2, 0) is 6.18 Å². The summed E-state index contributed by atoms with van der Waals surface area (Å²) < 4.78 is 77.5. The van der Waals surface area contributed by atoms with Crippen molar-refractivity contribution in [1.82, 2.24) is 15.0 Å². The molecule has 148 valence electrons. The highest BCUT2D eigenvalue weighted by Crippen LogP contribution is 2.40. The molecule has 3 atom stereocenters. The second-order valence-electron chi connectivity index (χ2n) is 5.47. The van der Waals surface area contributed by atoms with Crippen molar-refractivity contribution < 1.29 is 36.6 Å². The topological polar surface area (TPSA) is 81.8 Å². The quantitative estimate of drug-likeness (QED) is 0.604. The highest BCUT2D eigenvalue weighted by molar-refractivity contribution is 5.94. The van der Waals surface area contributed by atoms with Crippen LogP contribution in [0.25, 0.3) is 0 Å². The van der Waals surface area contributed by atoms with Gasteiger partial charge in [0.2, 0.25) is 5.82 Å². The third-order valence-corrected chi connectivity index (χ3v) is 3.77. The van der Waals surface area contributed by atoms with Crippen LogP contribution in [0.15, 0.2) is 41.9 Å². The Labute approximate surface area is 149 Å². The normalized spacial score (nSPS) is 22.6. The van der Waals surface area contributed by atoms with E-state index in [1.807, 2.05) is 0 Å². The Balaban J connectivity index is 2.42. The summed E-state index contributed by atoms with van der Waals surface area (Å²) in [6, 6.07) is 0. The molecule has 0 spiro atoms. The molecule has 0 amide bonds. The van der Waals surface area contributed by atoms with E-state index in [9.17, 15) is 36.6 Å². The SMILES string of the molecule is C=C/C(=C\C)N1N=C(C(F)(F)F)C(C(O)c2cnc(C(F)(F)F)nc2)C1O. The monoisotopic (exact) mass is 396 g/mol. The van der Waals surface area contributed by atoms with Crippen LogP contribution in [0.4, 0.5) is 26.3 Å². The molecule has 0 fully saturated rings. The van der Waals surface area contributed by atoms with E-state index in [2.05, 4.69) is 21.6 Å². The first-order chi connectivity index (χ1) is 12.4. The first-order valence-electron chi connectivity index (χ1n) is 7.40. The number of rotatable bonds is 4. The lowest BCUT2D eigenvalue weighted by Crippen LogP contribution is -2.40. The van der Waals surface area contributed by atoms with E-state index >= 15 is 0 Å². The van der Waals surface area contributed by atoms with Crippen molar-refractivity contribution in [3.05, 3.63) is 48.2 Å². The molecule has 3 unspecified atom stereocenters. The number of aromatic nitrogens is 2. The lowest BCUT2D eigenvalue weighted by atomic mass is 9.91. The van der Waals surface area contributed by atoms with E-state index in [4.69, 9.17) is 0 Å². The van der Waals surface area contributed by atoms with Crippen molar-refractivity contribution in [2.45, 2.75) is 31.6 Å². The molecule has 0 saturated carbocycles. The van der Waals surface area contributed by atoms with Gasteiger partial charge < -0.3 is 10.2 Å². The average Bonchev–Trinajstić information content (AvgIpc) is 2.92. The minimum Gasteiger partial charge on any atom is -0.387 e. The number of nitrogens with zero attached hydrogens (tertiary/aromatic N) is 4. The molecule has 1 aliphatic heterocycles. The highest BCUT2D eigenvalue weighted by Gasteiger charge is 2.53. The fourth-order valence-corrected chi connectivity index (χ4v) is 2.49. The third-order valence-electron chi connectivity index (χ3n) is 3.77. The molecular weight excluding hydrogens is 382 g/mol. The molecule has 0 radical (unpaired) electrons. The fraction of sp³-hybridized carbons (Fsp3) is 0.400. The van der Waals surface area contributed by atoms with Gasteiger partial charge in [-0.2, -0.15) is 31.4 Å². The van der Waals surface area contributed by atoms with Gasteiger partial charge in [-0.3, -0.25) is 0 Å². The summed E-state index contributed by atoms with van der Waals surface area (Å²) >= 11 is 0. The first kappa shape index (κ1) is 20.8. The molecule has 1 aliphatic rings. The molecule has 2 N–H and O–H groups in total. The van der Waals surface area contributed by atoms with Crippen LogP contribution in [0.3, 0.4) is 0 Å². The number of aliphatic hydroxyl groups excluding tert-OH is 2. The van der Waals surface area contributed by atoms with E-state index < -0.39 is 47.7 Å². The standard InChI is InChI=1S/C15H14F6N4O2/c1-3-8(4-2)25-12(27)9(11(24-25)14(16,17)18)10(26)7-5-22-13(23-6-7)15(19,20)21/h3-6,9-10,12,26-27H,1H2,2H3/b8-4+. The number of hydrazone groups is 1. The lowest BCUT2D eigenvalue weighted by molar-refractivity contribution is -0.145. The summed E-state index contributed by atoms with van der Waals surface area (Å²) in [5.74, 6) is -3.51. The molecule has 0 aromatic carbocycles. The molecule has 0 saturated heterocycles. The number of halogens is 6. The Morgan fingerprint density at radius 1 is 1.19 bits per heavy atom. The van der Waals surface area contributed by atoms with Gasteiger partial charge in [0.15, 0.2) is 11.9 Å². The van der Waals surface area contributed by atoms with Crippen LogP contribution in [0.1, 0.15) is 24.4 Å². The van der Waals surface area contributed by atoms with Gasteiger partial charge in [0.1, 0.15) is 0 Å². The van der Waals surface area contributed by atoms with E-state index in [0.717, 1.165) is 6.08 Å². The molecule has 1 aromatic heterocycles. The van der Waals surface area contributed by atoms with Gasteiger partial charge in [-0.25, -0.2) is 15.0 Å². The van der Waals surface area contributed by atoms with Crippen molar-refractivity contribution in [3.63, 3.8) is 0 Å². The summed E-state index contributed by atoms with van der Waals surface area (Å²) in [6.45, 7) is 4.87. The Morgan fingerprint density at radius 3 is 2.15 bits per heavy atom. The van der Waals surface area contributed by atoms with Crippen LogP contribution in [0.5, 0.6) is 0 Å². The van der Waals surface area contributed by atoms with Crippen LogP contribution in [0, 0.1) is 5.92 Å². The predicted molar refractivity (Wildman–Crippen MR) is 80.8 cm³/mol. The van der Waals surface area contributed by atoms with Gasteiger partial charge in [-0.05, 0) is 13.0 Å². The molecular formula is C15H14F6N4O2. The summed E-state index contributed by atoms with van der Waals surface area (Å²) in [5, 5.41) is 24.5. The lowest BCUT2D eigenvalue weighted by Gasteiger charge is -2.27. The van der Waals surface area contributed by atoms with Gasteiger partial charge in [-0.1, -0.05) is 12.7 Å². The maximum atomic E-state index is 13.3. The van der Waals surface area contributed by atoms with E-state index in [1.165, 1.54) is 13.0 Å². The zero-order valence-corrected chi connectivity index (χ0v) is 13.7. The van der Waals surface area contributed by atoms with E-state index in [0.29, 0.717) is 17.4 Å². The van der Waals surface area contributed by atoms with Crippen LogP contribution < -0.4 is 0 Å². The molecule has 1 aromatic rings. The van der Waals surface area contributed by atoms with Crippen molar-refractivity contribution in [1.29, 1.82) is 0 Å². The Bertz CT molecular complexity index is 757. The van der Waals surface area contributed by atoms with Gasteiger partial charge in [0.25, 0.3) is 0 Å². The smallest absolute Gasteiger partial charge is 0.387 e. The molecule has 6 nitrogen and oxygen atoms in total. The molecule has 2 heterocycles. The number of allylic oxidation sites excluding steroid dienone is 2. The summed E-state index contributed by atoms with van der Waals surface area (Å²) in [5.41, 5.74) is -1.89. The molecule has 12 heteroatoms. The molecule has 0 bridgehead atoms. The first-order valence-corrected chi connectivity index (χ1v) is 7.40. The minimum absolute atomic E-state index is 0.0441. The van der Waals surface area contributed by atoms with Crippen LogP contribution in [-0.4, -0.2) is 43.3 Å². The molecule has 0 aliphatic carbocycles. The van der Waals surface area contributed by atoms with Crippen LogP contribution >= 0.6 is 0 Å². The average molecular weight is 396 g/mol. The zero-order valence-electron chi connectivity index (χ0n) is 13.7. The van der Waals surface area contributed by atoms with Crippen molar-refractivity contribution >= 4 is 5.71 Å². The van der Waals surface area contributed by atoms with E-state index in [1.54, 1.807) is 0 Å². The van der Waals surface area contributed by atoms with Gasteiger partial charge in [0.05, 0.1) is 17.7 Å². The Hall–Kier alpha value is -2.47. The van der Waals surface area contributed by atoms with Crippen molar-refractivity contribution in [2.75, 3.05) is 0 Å². The van der Waals surface area contributed by atoms with E-state index in [-0.39, 0.29) is 5.70 Å². The molecule has 27 heavy (non-hydrogen) atoms. The summed E-state index contributed by atoms with van der Waals surface area (Å²) in [7, 11) is 0. The Kier molecular flexibility index (Phi) is 5.61. The van der Waals surface area contributed by atoms with Gasteiger partial charge in [-0.15, -0.1) is 0 Å². The van der Waals surface area contributed by atoms with Gasteiger partial charge in [0, 0.05) is 18.0 Å². The highest BCUT2D eigenvalue weighted by atomic mass is 19.4. The number of hydrogen-bond donors (Lipinski definition) is 2. The Morgan fingerprint density at radius 2 is 1.74 bits per heavy atom. The number of alkyl halides is 6. The number of hydrogen-bond acceptors (Lipinski definition) is 6. The summed E-state index contributed by atoms with van der Waals surface area (Å²) in [4.78, 5) is 6.00. The maximum Gasteiger partial charge on any atom is 0.451 e. The van der Waals surface area contributed by atoms with Crippen molar-refractivity contribution in [2.24, 2.45) is 11.0 Å². The fourth-order valence-electron chi connectivity index (χ4n) is 2.49. The minimum atomic E-state index is -5.01. The predicted octanol–water partition coefficient (Wildman–Crippen LogP) is 2.79. The summed E-state index contributed by atoms with van der Waals surface area (Å²) in [6.07, 6.45) is -10.3. The molecule has 2 rings (SSSR count). The van der Waals surface area contributed by atoms with Crippen LogP contribution in [0.2, 0.25) is 0 Å². The second-order valence-corrected chi connectivity index (χ2v) is 5.47. The number of aliphatic hydroxyl groups is 2. The maximum absolute atomic E-state index is 13.3. The van der Waals surface area contributed by atoms with Gasteiger partial charge >= 0.3 is 12.4 Å². The third kappa shape index (κ3) is 4.11. The van der Waals surface area contributed by atoms with Crippen molar-refractivity contribution in [3.8, 4) is 0 Å².